The molecule has 1 N–H and O–H groups in total. The van der Waals surface area contributed by atoms with Crippen molar-refractivity contribution in [1.29, 1.82) is 0 Å². The molecule has 1 saturated heterocycles. The molecule has 1 fully saturated rings. The highest BCUT2D eigenvalue weighted by Gasteiger charge is 2.30. The summed E-state index contributed by atoms with van der Waals surface area (Å²) in [6, 6.07) is 4.16. The van der Waals surface area contributed by atoms with Gasteiger partial charge in [0, 0.05) is 31.8 Å². The van der Waals surface area contributed by atoms with Crippen LogP contribution in [0.4, 0.5) is 0 Å². The van der Waals surface area contributed by atoms with Gasteiger partial charge in [0.1, 0.15) is 6.10 Å². The molecule has 3 atom stereocenters. The monoisotopic (exact) mass is 260 g/mol. The Morgan fingerprint density at radius 2 is 2.07 bits per heavy atom. The van der Waals surface area contributed by atoms with Gasteiger partial charge in [-0.1, -0.05) is 6.92 Å². The lowest BCUT2D eigenvalue weighted by molar-refractivity contribution is 0.178. The summed E-state index contributed by atoms with van der Waals surface area (Å²) in [5.41, 5.74) is 0. The zero-order valence-electron chi connectivity index (χ0n) is 8.97. The fourth-order valence-corrected chi connectivity index (χ4v) is 5.59. The fraction of sp³-hybridized carbons (Fsp3) is 0.636. The molecule has 2 heterocycles. The largest absolute Gasteiger partial charge is 0.386 e. The molecule has 0 radical (unpaired) electrons. The van der Waals surface area contributed by atoms with Gasteiger partial charge in [-0.05, 0) is 19.1 Å². The van der Waals surface area contributed by atoms with Gasteiger partial charge in [-0.2, -0.15) is 23.5 Å². The predicted molar refractivity (Wildman–Crippen MR) is 72.2 cm³/mol. The van der Waals surface area contributed by atoms with Gasteiger partial charge in [0.25, 0.3) is 0 Å². The Morgan fingerprint density at radius 1 is 1.33 bits per heavy atom. The molecule has 1 aliphatic heterocycles. The number of thioether (sulfide) groups is 2. The van der Waals surface area contributed by atoms with E-state index in [1.54, 1.807) is 11.3 Å². The quantitative estimate of drug-likeness (QED) is 0.881. The highest BCUT2D eigenvalue weighted by atomic mass is 32.2. The van der Waals surface area contributed by atoms with E-state index in [2.05, 4.69) is 26.0 Å². The highest BCUT2D eigenvalue weighted by molar-refractivity contribution is 8.07. The molecule has 0 amide bonds. The minimum Gasteiger partial charge on any atom is -0.386 e. The second kappa shape index (κ2) is 5.13. The van der Waals surface area contributed by atoms with Crippen molar-refractivity contribution in [2.24, 2.45) is 0 Å². The van der Waals surface area contributed by atoms with E-state index in [-0.39, 0.29) is 6.10 Å². The van der Waals surface area contributed by atoms with Crippen LogP contribution in [0.2, 0.25) is 0 Å². The van der Waals surface area contributed by atoms with Crippen molar-refractivity contribution < 1.29 is 5.11 Å². The summed E-state index contributed by atoms with van der Waals surface area (Å²) >= 11 is 5.62. The summed E-state index contributed by atoms with van der Waals surface area (Å²) < 4.78 is 0. The lowest BCUT2D eigenvalue weighted by Gasteiger charge is -2.31. The van der Waals surface area contributed by atoms with E-state index < -0.39 is 0 Å². The topological polar surface area (TPSA) is 20.2 Å². The van der Waals surface area contributed by atoms with Crippen LogP contribution in [0.1, 0.15) is 22.8 Å². The van der Waals surface area contributed by atoms with Gasteiger partial charge in [-0.25, -0.2) is 0 Å². The fourth-order valence-electron chi connectivity index (χ4n) is 1.77. The van der Waals surface area contributed by atoms with Crippen LogP contribution in [-0.2, 0) is 0 Å². The predicted octanol–water partition coefficient (Wildman–Crippen LogP) is 3.33. The highest BCUT2D eigenvalue weighted by Crippen LogP contribution is 2.40. The molecule has 0 aromatic carbocycles. The number of aliphatic hydroxyl groups excluding tert-OH is 1. The minimum atomic E-state index is -0.281. The number of rotatable bonds is 2. The maximum Gasteiger partial charge on any atom is 0.101 e. The van der Waals surface area contributed by atoms with E-state index in [1.165, 1.54) is 16.4 Å². The van der Waals surface area contributed by atoms with E-state index in [0.29, 0.717) is 10.5 Å². The van der Waals surface area contributed by atoms with Crippen molar-refractivity contribution in [2.75, 3.05) is 11.5 Å². The number of hydrogen-bond acceptors (Lipinski definition) is 4. The molecule has 3 unspecified atom stereocenters. The molecular weight excluding hydrogens is 244 g/mol. The Morgan fingerprint density at radius 3 is 2.67 bits per heavy atom. The Kier molecular flexibility index (Phi) is 4.04. The molecule has 4 heteroatoms. The molecule has 0 aliphatic carbocycles. The first kappa shape index (κ1) is 11.8. The summed E-state index contributed by atoms with van der Waals surface area (Å²) in [4.78, 5) is 2.41. The Hall–Kier alpha value is 0.360. The molecule has 0 saturated carbocycles. The van der Waals surface area contributed by atoms with E-state index >= 15 is 0 Å². The second-order valence-corrected chi connectivity index (χ2v) is 7.90. The van der Waals surface area contributed by atoms with E-state index in [9.17, 15) is 5.11 Å². The van der Waals surface area contributed by atoms with Crippen LogP contribution in [0, 0.1) is 6.92 Å². The molecular formula is C11H16OS3. The van der Waals surface area contributed by atoms with E-state index in [4.69, 9.17) is 0 Å². The minimum absolute atomic E-state index is 0.281. The van der Waals surface area contributed by atoms with Gasteiger partial charge < -0.3 is 5.11 Å². The number of aliphatic hydroxyl groups is 1. The molecule has 0 spiro atoms. The Bertz CT molecular complexity index is 323. The van der Waals surface area contributed by atoms with Crippen molar-refractivity contribution in [2.45, 2.75) is 30.5 Å². The van der Waals surface area contributed by atoms with E-state index in [1.807, 2.05) is 23.5 Å². The van der Waals surface area contributed by atoms with Gasteiger partial charge in [0.05, 0.1) is 0 Å². The molecule has 1 aliphatic rings. The SMILES string of the molecule is Cc1ccc(C(O)C2SCCSC2C)s1. The molecule has 1 aromatic heterocycles. The van der Waals surface area contributed by atoms with Crippen molar-refractivity contribution in [3.8, 4) is 0 Å². The van der Waals surface area contributed by atoms with Gasteiger partial charge in [0.2, 0.25) is 0 Å². The maximum atomic E-state index is 10.3. The van der Waals surface area contributed by atoms with Gasteiger partial charge >= 0.3 is 0 Å². The van der Waals surface area contributed by atoms with Crippen molar-refractivity contribution in [1.82, 2.24) is 0 Å². The first-order valence-electron chi connectivity index (χ1n) is 5.16. The van der Waals surface area contributed by atoms with Gasteiger partial charge in [0.15, 0.2) is 0 Å². The number of thiophene rings is 1. The number of aryl methyl sites for hydroxylation is 1. The zero-order chi connectivity index (χ0) is 10.8. The van der Waals surface area contributed by atoms with E-state index in [0.717, 1.165) is 4.88 Å². The zero-order valence-corrected chi connectivity index (χ0v) is 11.4. The molecule has 15 heavy (non-hydrogen) atoms. The summed E-state index contributed by atoms with van der Waals surface area (Å²) in [6.07, 6.45) is -0.281. The summed E-state index contributed by atoms with van der Waals surface area (Å²) in [6.45, 7) is 4.32. The van der Waals surface area contributed by atoms with Crippen LogP contribution in [0.15, 0.2) is 12.1 Å². The van der Waals surface area contributed by atoms with Crippen molar-refractivity contribution in [3.05, 3.63) is 21.9 Å². The summed E-state index contributed by atoms with van der Waals surface area (Å²) in [5, 5.41) is 11.2. The van der Waals surface area contributed by atoms with Crippen LogP contribution < -0.4 is 0 Å². The third-order valence-electron chi connectivity index (χ3n) is 2.60. The average molecular weight is 260 g/mol. The molecule has 84 valence electrons. The normalized spacial score (nSPS) is 29.0. The van der Waals surface area contributed by atoms with Crippen LogP contribution >= 0.6 is 34.9 Å². The van der Waals surface area contributed by atoms with Crippen LogP contribution in [-0.4, -0.2) is 27.1 Å². The maximum absolute atomic E-state index is 10.3. The third kappa shape index (κ3) is 2.73. The van der Waals surface area contributed by atoms with Crippen LogP contribution in [0.5, 0.6) is 0 Å². The lowest BCUT2D eigenvalue weighted by Crippen LogP contribution is -2.28. The second-order valence-electron chi connectivity index (χ2n) is 3.80. The lowest BCUT2D eigenvalue weighted by atomic mass is 10.1. The van der Waals surface area contributed by atoms with Crippen LogP contribution in [0.25, 0.3) is 0 Å². The Balaban J connectivity index is 2.09. The molecule has 0 bridgehead atoms. The van der Waals surface area contributed by atoms with Crippen LogP contribution in [0.3, 0.4) is 0 Å². The first-order valence-corrected chi connectivity index (χ1v) is 8.07. The van der Waals surface area contributed by atoms with Crippen molar-refractivity contribution in [3.63, 3.8) is 0 Å². The molecule has 1 aromatic rings. The smallest absolute Gasteiger partial charge is 0.101 e. The molecule has 2 rings (SSSR count). The average Bonchev–Trinajstić information content (AvgIpc) is 2.65. The molecule has 1 nitrogen and oxygen atoms in total. The van der Waals surface area contributed by atoms with Gasteiger partial charge in [-0.3, -0.25) is 0 Å². The summed E-state index contributed by atoms with van der Waals surface area (Å²) in [7, 11) is 0. The van der Waals surface area contributed by atoms with Gasteiger partial charge in [-0.15, -0.1) is 11.3 Å². The van der Waals surface area contributed by atoms with Crippen molar-refractivity contribution >= 4 is 34.9 Å². The summed E-state index contributed by atoms with van der Waals surface area (Å²) in [5.74, 6) is 2.39. The standard InChI is InChI=1S/C11H16OS3/c1-7-3-4-9(15-7)10(12)11-8(2)13-5-6-14-11/h3-4,8,10-12H,5-6H2,1-2H3. The number of hydrogen-bond donors (Lipinski definition) is 1. The Labute approximate surface area is 104 Å². The third-order valence-corrected chi connectivity index (χ3v) is 6.85. The first-order chi connectivity index (χ1) is 7.18.